The lowest BCUT2D eigenvalue weighted by molar-refractivity contribution is -0.145. The highest BCUT2D eigenvalue weighted by Crippen LogP contribution is 2.14. The molecule has 0 aromatic rings. The molecule has 0 radical (unpaired) electrons. The maximum absolute atomic E-state index is 12.0. The first kappa shape index (κ1) is 17.7. The number of methoxy groups -OCH3 is 1. The van der Waals surface area contributed by atoms with Crippen LogP contribution in [0.5, 0.6) is 0 Å². The number of ether oxygens (including phenoxy) is 2. The molecular weight excluding hydrogens is 270 g/mol. The van der Waals surface area contributed by atoms with Crippen molar-refractivity contribution < 1.29 is 19.1 Å². The molecule has 1 aliphatic heterocycles. The summed E-state index contributed by atoms with van der Waals surface area (Å²) in [6.45, 7) is 4.75. The molecule has 1 aliphatic rings. The van der Waals surface area contributed by atoms with Crippen LogP contribution in [-0.2, 0) is 19.1 Å². The molecule has 120 valence electrons. The van der Waals surface area contributed by atoms with Gasteiger partial charge in [0.2, 0.25) is 5.91 Å². The van der Waals surface area contributed by atoms with Crippen molar-refractivity contribution in [2.24, 2.45) is 5.92 Å². The number of unbranched alkanes of at least 4 members (excludes halogenated alkanes) is 4. The molecule has 1 saturated heterocycles. The zero-order valence-corrected chi connectivity index (χ0v) is 12.9. The molecule has 2 atom stereocenters. The number of carbonyl (C=O) groups excluding carboxylic acids is 2. The van der Waals surface area contributed by atoms with E-state index in [9.17, 15) is 9.59 Å². The zero-order valence-electron chi connectivity index (χ0n) is 12.9. The Kier molecular flexibility index (Phi) is 8.74. The minimum Gasteiger partial charge on any atom is -0.467 e. The van der Waals surface area contributed by atoms with Gasteiger partial charge in [-0.1, -0.05) is 25.3 Å². The van der Waals surface area contributed by atoms with E-state index < -0.39 is 6.04 Å². The Balaban J connectivity index is 2.31. The van der Waals surface area contributed by atoms with Gasteiger partial charge in [0.1, 0.15) is 6.04 Å². The number of nitrogens with one attached hydrogen (secondary N) is 1. The molecule has 5 nitrogen and oxygen atoms in total. The van der Waals surface area contributed by atoms with Gasteiger partial charge in [-0.25, -0.2) is 4.79 Å². The van der Waals surface area contributed by atoms with E-state index >= 15 is 0 Å². The van der Waals surface area contributed by atoms with Crippen molar-refractivity contribution in [1.29, 1.82) is 0 Å². The lowest BCUT2D eigenvalue weighted by Crippen LogP contribution is -2.44. The smallest absolute Gasteiger partial charge is 0.328 e. The van der Waals surface area contributed by atoms with Crippen molar-refractivity contribution in [2.75, 3.05) is 20.3 Å². The minimum atomic E-state index is -0.539. The van der Waals surface area contributed by atoms with E-state index in [0.717, 1.165) is 38.5 Å². The molecule has 1 amide bonds. The summed E-state index contributed by atoms with van der Waals surface area (Å²) < 4.78 is 9.97. The molecule has 21 heavy (non-hydrogen) atoms. The van der Waals surface area contributed by atoms with Gasteiger partial charge in [-0.15, -0.1) is 6.58 Å². The Morgan fingerprint density at radius 1 is 1.38 bits per heavy atom. The molecule has 0 aliphatic carbocycles. The van der Waals surface area contributed by atoms with E-state index in [1.807, 2.05) is 6.08 Å². The van der Waals surface area contributed by atoms with Gasteiger partial charge >= 0.3 is 5.97 Å². The van der Waals surface area contributed by atoms with Gasteiger partial charge in [0.05, 0.1) is 19.6 Å². The third-order valence-corrected chi connectivity index (χ3v) is 3.75. The van der Waals surface area contributed by atoms with Gasteiger partial charge in [-0.05, 0) is 25.7 Å². The van der Waals surface area contributed by atoms with Gasteiger partial charge in [-0.2, -0.15) is 0 Å². The van der Waals surface area contributed by atoms with Gasteiger partial charge in [0.25, 0.3) is 0 Å². The lowest BCUT2D eigenvalue weighted by Gasteiger charge is -2.18. The van der Waals surface area contributed by atoms with Gasteiger partial charge in [0.15, 0.2) is 0 Å². The first-order valence-corrected chi connectivity index (χ1v) is 7.76. The first-order valence-electron chi connectivity index (χ1n) is 7.76. The molecule has 0 aromatic heterocycles. The topological polar surface area (TPSA) is 64.6 Å². The summed E-state index contributed by atoms with van der Waals surface area (Å²) >= 11 is 0. The SMILES string of the molecule is C=CCCCCCC[C@@H](NC(=O)[C@H]1CCOC1)C(=O)OC. The molecule has 1 rings (SSSR count). The van der Waals surface area contributed by atoms with Gasteiger partial charge in [0, 0.05) is 6.61 Å². The second-order valence-electron chi connectivity index (χ2n) is 5.43. The van der Waals surface area contributed by atoms with Crippen LogP contribution in [0.4, 0.5) is 0 Å². The molecule has 5 heteroatoms. The highest BCUT2D eigenvalue weighted by molar-refractivity contribution is 5.85. The van der Waals surface area contributed by atoms with E-state index in [2.05, 4.69) is 11.9 Å². The van der Waals surface area contributed by atoms with Crippen molar-refractivity contribution in [1.82, 2.24) is 5.32 Å². The third-order valence-electron chi connectivity index (χ3n) is 3.75. The van der Waals surface area contributed by atoms with E-state index in [1.165, 1.54) is 7.11 Å². The summed E-state index contributed by atoms with van der Waals surface area (Å²) in [5.74, 6) is -0.604. The Labute approximate surface area is 127 Å². The van der Waals surface area contributed by atoms with Crippen LogP contribution in [0.2, 0.25) is 0 Å². The molecule has 1 fully saturated rings. The molecule has 0 saturated carbocycles. The van der Waals surface area contributed by atoms with Crippen molar-refractivity contribution in [3.8, 4) is 0 Å². The van der Waals surface area contributed by atoms with Crippen molar-refractivity contribution >= 4 is 11.9 Å². The van der Waals surface area contributed by atoms with E-state index in [0.29, 0.717) is 19.6 Å². The molecule has 0 unspecified atom stereocenters. The number of carbonyl (C=O) groups is 2. The Morgan fingerprint density at radius 2 is 2.14 bits per heavy atom. The normalized spacial score (nSPS) is 19.0. The predicted octanol–water partition coefficient (Wildman–Crippen LogP) is 2.21. The first-order chi connectivity index (χ1) is 10.2. The molecule has 0 spiro atoms. The van der Waals surface area contributed by atoms with Crippen molar-refractivity contribution in [2.45, 2.75) is 51.0 Å². The summed E-state index contributed by atoms with van der Waals surface area (Å²) in [6.07, 6.45) is 8.48. The van der Waals surface area contributed by atoms with Crippen LogP contribution in [0.3, 0.4) is 0 Å². The summed E-state index contributed by atoms with van der Waals surface area (Å²) in [4.78, 5) is 23.8. The summed E-state index contributed by atoms with van der Waals surface area (Å²) in [6, 6.07) is -0.539. The molecule has 1 N–H and O–H groups in total. The monoisotopic (exact) mass is 297 g/mol. The van der Waals surface area contributed by atoms with Crippen LogP contribution in [0.15, 0.2) is 12.7 Å². The van der Waals surface area contributed by atoms with E-state index in [4.69, 9.17) is 9.47 Å². The maximum Gasteiger partial charge on any atom is 0.328 e. The Morgan fingerprint density at radius 3 is 2.76 bits per heavy atom. The second-order valence-corrected chi connectivity index (χ2v) is 5.43. The van der Waals surface area contributed by atoms with Crippen molar-refractivity contribution in [3.63, 3.8) is 0 Å². The van der Waals surface area contributed by atoms with Crippen molar-refractivity contribution in [3.05, 3.63) is 12.7 Å². The maximum atomic E-state index is 12.0. The third kappa shape index (κ3) is 6.76. The average Bonchev–Trinajstić information content (AvgIpc) is 3.03. The minimum absolute atomic E-state index is 0.102. The second kappa shape index (κ2) is 10.4. The highest BCUT2D eigenvalue weighted by atomic mass is 16.5. The number of amides is 1. The number of hydrogen-bond donors (Lipinski definition) is 1. The van der Waals surface area contributed by atoms with Gasteiger partial charge in [-0.3, -0.25) is 4.79 Å². The van der Waals surface area contributed by atoms with Crippen LogP contribution in [0.1, 0.15) is 44.9 Å². The standard InChI is InChI=1S/C16H27NO4/c1-3-4-5-6-7-8-9-14(16(19)20-2)17-15(18)13-10-11-21-12-13/h3,13-14H,1,4-12H2,2H3,(H,17,18)/t13-,14+/m0/s1. The number of esters is 1. The molecule has 0 bridgehead atoms. The predicted molar refractivity (Wildman–Crippen MR) is 80.8 cm³/mol. The molecule has 1 heterocycles. The fourth-order valence-corrected chi connectivity index (χ4v) is 2.41. The molecular formula is C16H27NO4. The molecule has 0 aromatic carbocycles. The highest BCUT2D eigenvalue weighted by Gasteiger charge is 2.28. The summed E-state index contributed by atoms with van der Waals surface area (Å²) in [5.41, 5.74) is 0. The van der Waals surface area contributed by atoms with Crippen LogP contribution >= 0.6 is 0 Å². The lowest BCUT2D eigenvalue weighted by atomic mass is 10.0. The van der Waals surface area contributed by atoms with E-state index in [1.54, 1.807) is 0 Å². The number of allylic oxidation sites excluding steroid dienone is 1. The average molecular weight is 297 g/mol. The quantitative estimate of drug-likeness (QED) is 0.381. The summed E-state index contributed by atoms with van der Waals surface area (Å²) in [5, 5.41) is 2.80. The Bertz CT molecular complexity index is 337. The number of hydrogen-bond acceptors (Lipinski definition) is 4. The Hall–Kier alpha value is -1.36. The van der Waals surface area contributed by atoms with E-state index in [-0.39, 0.29) is 17.8 Å². The van der Waals surface area contributed by atoms with Crippen LogP contribution < -0.4 is 5.32 Å². The fourth-order valence-electron chi connectivity index (χ4n) is 2.41. The zero-order chi connectivity index (χ0) is 15.5. The van der Waals surface area contributed by atoms with Crippen LogP contribution in [0.25, 0.3) is 0 Å². The van der Waals surface area contributed by atoms with Crippen LogP contribution in [-0.4, -0.2) is 38.2 Å². The fraction of sp³-hybridized carbons (Fsp3) is 0.750. The largest absolute Gasteiger partial charge is 0.467 e. The summed E-state index contributed by atoms with van der Waals surface area (Å²) in [7, 11) is 1.35. The van der Waals surface area contributed by atoms with Crippen LogP contribution in [0, 0.1) is 5.92 Å². The van der Waals surface area contributed by atoms with Gasteiger partial charge < -0.3 is 14.8 Å². The number of rotatable bonds is 10.